The number of Topliss-reactive ketones (excluding diaryl/α,β-unsaturated/α-hetero) is 1. The van der Waals surface area contributed by atoms with E-state index in [4.69, 9.17) is 5.26 Å². The number of ketones is 1. The van der Waals surface area contributed by atoms with Crippen molar-refractivity contribution in [2.24, 2.45) is 12.5 Å². The zero-order valence-corrected chi connectivity index (χ0v) is 10.7. The van der Waals surface area contributed by atoms with Gasteiger partial charge in [0.2, 0.25) is 0 Å². The molecule has 17 heavy (non-hydrogen) atoms. The number of aromatic nitrogens is 2. The highest BCUT2D eigenvalue weighted by molar-refractivity contribution is 6.03. The summed E-state index contributed by atoms with van der Waals surface area (Å²) < 4.78 is 1.63. The Balaban J connectivity index is 2.90. The van der Waals surface area contributed by atoms with E-state index in [1.54, 1.807) is 30.2 Å². The van der Waals surface area contributed by atoms with Gasteiger partial charge in [-0.25, -0.2) is 0 Å². The molecule has 0 atom stereocenters. The lowest BCUT2D eigenvalue weighted by molar-refractivity contribution is -0.116. The van der Waals surface area contributed by atoms with Crippen LogP contribution in [0.3, 0.4) is 0 Å². The van der Waals surface area contributed by atoms with Crippen LogP contribution in [0.25, 0.3) is 6.08 Å². The Kier molecular flexibility index (Phi) is 3.84. The van der Waals surface area contributed by atoms with Gasteiger partial charge in [-0.05, 0) is 11.5 Å². The first-order valence-electron chi connectivity index (χ1n) is 5.45. The maximum atomic E-state index is 11.9. The molecule has 0 spiro atoms. The summed E-state index contributed by atoms with van der Waals surface area (Å²) >= 11 is 0. The summed E-state index contributed by atoms with van der Waals surface area (Å²) in [4.78, 5) is 11.9. The summed E-state index contributed by atoms with van der Waals surface area (Å²) in [5.41, 5.74) is 0.848. The molecule has 0 aliphatic heterocycles. The number of hydrogen-bond donors (Lipinski definition) is 0. The van der Waals surface area contributed by atoms with Gasteiger partial charge in [-0.15, -0.1) is 0 Å². The largest absolute Gasteiger partial charge is 0.293 e. The summed E-state index contributed by atoms with van der Waals surface area (Å²) in [5, 5.41) is 13.0. The summed E-state index contributed by atoms with van der Waals surface area (Å²) in [5.74, 6) is -0.121. The van der Waals surface area contributed by atoms with Crippen molar-refractivity contribution < 1.29 is 4.79 Å². The van der Waals surface area contributed by atoms with Crippen LogP contribution in [-0.4, -0.2) is 15.6 Å². The van der Waals surface area contributed by atoms with Crippen molar-refractivity contribution >= 4 is 11.9 Å². The molecule has 0 saturated heterocycles. The van der Waals surface area contributed by atoms with Crippen LogP contribution in [-0.2, 0) is 11.8 Å². The van der Waals surface area contributed by atoms with Crippen LogP contribution in [0.1, 0.15) is 32.8 Å². The minimum Gasteiger partial charge on any atom is -0.293 e. The Hall–Kier alpha value is -1.89. The molecule has 0 saturated carbocycles. The van der Waals surface area contributed by atoms with Crippen LogP contribution >= 0.6 is 0 Å². The predicted octanol–water partition coefficient (Wildman–Crippen LogP) is 2.33. The lowest BCUT2D eigenvalue weighted by atomic mass is 9.87. The third-order valence-electron chi connectivity index (χ3n) is 2.15. The van der Waals surface area contributed by atoms with Gasteiger partial charge in [-0.3, -0.25) is 9.48 Å². The molecule has 0 amide bonds. The molecule has 4 heteroatoms. The number of hydrogen-bond acceptors (Lipinski definition) is 3. The summed E-state index contributed by atoms with van der Waals surface area (Å²) in [6, 6.07) is 1.96. The van der Waals surface area contributed by atoms with Crippen molar-refractivity contribution in [2.45, 2.75) is 27.2 Å². The molecule has 0 aliphatic carbocycles. The van der Waals surface area contributed by atoms with Crippen LogP contribution in [0, 0.1) is 16.7 Å². The number of nitrogens with zero attached hydrogens (tertiary/aromatic N) is 3. The number of aryl methyl sites for hydroxylation is 1. The number of nitriles is 1. The average Bonchev–Trinajstić information content (AvgIpc) is 2.57. The van der Waals surface area contributed by atoms with Gasteiger partial charge in [-0.2, -0.15) is 10.4 Å². The number of allylic oxidation sites excluding steroid dienone is 1. The number of rotatable bonds is 3. The fourth-order valence-corrected chi connectivity index (χ4v) is 1.43. The predicted molar refractivity (Wildman–Crippen MR) is 65.9 cm³/mol. The normalized spacial score (nSPS) is 12.3. The van der Waals surface area contributed by atoms with E-state index in [2.05, 4.69) is 5.10 Å². The lowest BCUT2D eigenvalue weighted by Crippen LogP contribution is -2.13. The molecule has 0 N–H and O–H groups in total. The molecule has 0 unspecified atom stereocenters. The first kappa shape index (κ1) is 13.2. The van der Waals surface area contributed by atoms with E-state index in [9.17, 15) is 4.79 Å². The Morgan fingerprint density at radius 1 is 1.59 bits per heavy atom. The molecular weight excluding hydrogens is 214 g/mol. The van der Waals surface area contributed by atoms with Crippen molar-refractivity contribution in [1.82, 2.24) is 9.78 Å². The van der Waals surface area contributed by atoms with E-state index < -0.39 is 0 Å². The first-order chi connectivity index (χ1) is 7.81. The minimum atomic E-state index is -0.121. The molecule has 90 valence electrons. The van der Waals surface area contributed by atoms with Crippen molar-refractivity contribution in [2.75, 3.05) is 0 Å². The van der Waals surface area contributed by atoms with Gasteiger partial charge in [-0.1, -0.05) is 20.8 Å². The Labute approximate surface area is 102 Å². The molecule has 0 fully saturated rings. The van der Waals surface area contributed by atoms with Gasteiger partial charge in [0.25, 0.3) is 0 Å². The first-order valence-corrected chi connectivity index (χ1v) is 5.45. The summed E-state index contributed by atoms with van der Waals surface area (Å²) in [6.45, 7) is 5.93. The zero-order chi connectivity index (χ0) is 13.1. The fourth-order valence-electron chi connectivity index (χ4n) is 1.43. The van der Waals surface area contributed by atoms with Crippen molar-refractivity contribution in [3.63, 3.8) is 0 Å². The van der Waals surface area contributed by atoms with Crippen molar-refractivity contribution in [1.29, 1.82) is 5.26 Å². The quantitative estimate of drug-likeness (QED) is 0.592. The zero-order valence-electron chi connectivity index (χ0n) is 10.7. The second-order valence-corrected chi connectivity index (χ2v) is 5.28. The summed E-state index contributed by atoms with van der Waals surface area (Å²) in [6.07, 6.45) is 5.34. The Bertz CT molecular complexity index is 483. The number of carbonyl (C=O) groups is 1. The second kappa shape index (κ2) is 4.96. The van der Waals surface area contributed by atoms with E-state index in [0.29, 0.717) is 6.42 Å². The van der Waals surface area contributed by atoms with Crippen molar-refractivity contribution in [3.8, 4) is 6.07 Å². The standard InChI is InChI=1S/C13H17N3O/c1-13(2,3)6-12(17)11(7-14)5-10-8-15-16(4)9-10/h5,8-9H,6H2,1-4H3/b11-5+. The van der Waals surface area contributed by atoms with Crippen LogP contribution in [0.4, 0.5) is 0 Å². The Morgan fingerprint density at radius 2 is 2.24 bits per heavy atom. The highest BCUT2D eigenvalue weighted by atomic mass is 16.1. The van der Waals surface area contributed by atoms with E-state index in [1.807, 2.05) is 26.8 Å². The van der Waals surface area contributed by atoms with Gasteiger partial charge in [0, 0.05) is 25.2 Å². The molecule has 1 rings (SSSR count). The van der Waals surface area contributed by atoms with E-state index >= 15 is 0 Å². The van der Waals surface area contributed by atoms with E-state index in [-0.39, 0.29) is 16.8 Å². The SMILES string of the molecule is Cn1cc(/C=C(\C#N)C(=O)CC(C)(C)C)cn1. The van der Waals surface area contributed by atoms with Gasteiger partial charge in [0.1, 0.15) is 6.07 Å². The van der Waals surface area contributed by atoms with Crippen molar-refractivity contribution in [3.05, 3.63) is 23.5 Å². The van der Waals surface area contributed by atoms with Crippen LogP contribution in [0.5, 0.6) is 0 Å². The molecule has 1 aromatic rings. The molecule has 1 heterocycles. The topological polar surface area (TPSA) is 58.7 Å². The molecule has 4 nitrogen and oxygen atoms in total. The highest BCUT2D eigenvalue weighted by Crippen LogP contribution is 2.21. The molecule has 0 radical (unpaired) electrons. The van der Waals surface area contributed by atoms with Gasteiger partial charge < -0.3 is 0 Å². The third-order valence-corrected chi connectivity index (χ3v) is 2.15. The van der Waals surface area contributed by atoms with Crippen LogP contribution in [0.15, 0.2) is 18.0 Å². The van der Waals surface area contributed by atoms with Crippen LogP contribution in [0.2, 0.25) is 0 Å². The molecular formula is C13H17N3O. The van der Waals surface area contributed by atoms with Gasteiger partial charge in [0.05, 0.1) is 11.8 Å². The molecule has 0 aromatic carbocycles. The van der Waals surface area contributed by atoms with Crippen LogP contribution < -0.4 is 0 Å². The fraction of sp³-hybridized carbons (Fsp3) is 0.462. The van der Waals surface area contributed by atoms with Gasteiger partial charge >= 0.3 is 0 Å². The van der Waals surface area contributed by atoms with Gasteiger partial charge in [0.15, 0.2) is 5.78 Å². The smallest absolute Gasteiger partial charge is 0.173 e. The number of carbonyl (C=O) groups excluding carboxylic acids is 1. The average molecular weight is 231 g/mol. The monoisotopic (exact) mass is 231 g/mol. The molecule has 1 aromatic heterocycles. The van der Waals surface area contributed by atoms with E-state index in [0.717, 1.165) is 5.56 Å². The Morgan fingerprint density at radius 3 is 2.65 bits per heavy atom. The third kappa shape index (κ3) is 4.23. The minimum absolute atomic E-state index is 0.109. The maximum Gasteiger partial charge on any atom is 0.173 e. The van der Waals surface area contributed by atoms with E-state index in [1.165, 1.54) is 0 Å². The maximum absolute atomic E-state index is 11.9. The molecule has 0 bridgehead atoms. The highest BCUT2D eigenvalue weighted by Gasteiger charge is 2.19. The second-order valence-electron chi connectivity index (χ2n) is 5.28. The molecule has 0 aliphatic rings. The summed E-state index contributed by atoms with van der Waals surface area (Å²) in [7, 11) is 1.79. The lowest BCUT2D eigenvalue weighted by Gasteiger charge is -2.16.